The highest BCUT2D eigenvalue weighted by Crippen LogP contribution is 2.29. The fourth-order valence-corrected chi connectivity index (χ4v) is 4.00. The molecule has 0 unspecified atom stereocenters. The lowest BCUT2D eigenvalue weighted by molar-refractivity contribution is 0.242. The minimum atomic E-state index is 0. The fourth-order valence-electron chi connectivity index (χ4n) is 4.00. The number of hydrogen-bond donors (Lipinski definition) is 0. The summed E-state index contributed by atoms with van der Waals surface area (Å²) in [6.45, 7) is 9.52. The molecule has 3 heterocycles. The maximum atomic E-state index is 5.62. The molecule has 0 spiro atoms. The molecule has 2 aliphatic heterocycles. The molecule has 7 nitrogen and oxygen atoms in total. The van der Waals surface area contributed by atoms with E-state index < -0.39 is 0 Å². The normalized spacial score (nSPS) is 16.7. The number of hydrogen-bond acceptors (Lipinski definition) is 7. The minimum absolute atomic E-state index is 0. The third-order valence-electron chi connectivity index (χ3n) is 5.72. The average molecular weight is 470 g/mol. The van der Waals surface area contributed by atoms with Gasteiger partial charge in [0.15, 0.2) is 11.5 Å². The number of aromatic nitrogens is 2. The largest absolute Gasteiger partial charge is 0.493 e. The summed E-state index contributed by atoms with van der Waals surface area (Å²) in [4.78, 5) is 16.7. The Balaban J connectivity index is 0.00000171. The van der Waals surface area contributed by atoms with E-state index in [-0.39, 0.29) is 24.8 Å². The second-order valence-corrected chi connectivity index (χ2v) is 7.81. The van der Waals surface area contributed by atoms with Gasteiger partial charge in [0.1, 0.15) is 0 Å². The summed E-state index contributed by atoms with van der Waals surface area (Å²) in [7, 11) is 3.85. The molecule has 9 heteroatoms. The number of piperazine rings is 1. The van der Waals surface area contributed by atoms with Gasteiger partial charge in [-0.15, -0.1) is 24.8 Å². The average Bonchev–Trinajstić information content (AvgIpc) is 2.75. The zero-order chi connectivity index (χ0) is 20.2. The van der Waals surface area contributed by atoms with Gasteiger partial charge in [0, 0.05) is 64.0 Å². The van der Waals surface area contributed by atoms with Crippen LogP contribution in [0.3, 0.4) is 0 Å². The highest BCUT2D eigenvalue weighted by atomic mass is 35.5. The van der Waals surface area contributed by atoms with Gasteiger partial charge in [0.25, 0.3) is 0 Å². The summed E-state index contributed by atoms with van der Waals surface area (Å²) in [5.74, 6) is 2.48. The molecule has 1 fully saturated rings. The van der Waals surface area contributed by atoms with Gasteiger partial charge in [-0.3, -0.25) is 4.90 Å². The van der Waals surface area contributed by atoms with Gasteiger partial charge in [-0.2, -0.15) is 0 Å². The molecule has 4 rings (SSSR count). The molecule has 1 aromatic carbocycles. The van der Waals surface area contributed by atoms with Crippen LogP contribution in [-0.4, -0.2) is 73.3 Å². The molecule has 0 amide bonds. The Morgan fingerprint density at radius 1 is 1.03 bits per heavy atom. The SMILES string of the molecule is CCOc1ccc(CN2CCc3nc(N4CCN(C)CC4)ncc3C2)cc1OC.Cl.Cl. The Morgan fingerprint density at radius 3 is 2.52 bits per heavy atom. The Hall–Kier alpha value is -1.80. The zero-order valence-electron chi connectivity index (χ0n) is 18.5. The van der Waals surface area contributed by atoms with Crippen LogP contribution in [0.25, 0.3) is 0 Å². The molecule has 0 N–H and O–H groups in total. The molecule has 1 saturated heterocycles. The van der Waals surface area contributed by atoms with Crippen LogP contribution in [-0.2, 0) is 19.5 Å². The topological polar surface area (TPSA) is 54.0 Å². The van der Waals surface area contributed by atoms with Gasteiger partial charge in [-0.1, -0.05) is 6.07 Å². The van der Waals surface area contributed by atoms with Crippen molar-refractivity contribution in [1.82, 2.24) is 19.8 Å². The number of nitrogens with zero attached hydrogens (tertiary/aromatic N) is 5. The van der Waals surface area contributed by atoms with E-state index in [1.54, 1.807) is 7.11 Å². The first-order valence-corrected chi connectivity index (χ1v) is 10.5. The van der Waals surface area contributed by atoms with Crippen LogP contribution < -0.4 is 14.4 Å². The highest BCUT2D eigenvalue weighted by Gasteiger charge is 2.22. The second kappa shape index (κ2) is 11.7. The van der Waals surface area contributed by atoms with E-state index in [0.717, 1.165) is 69.7 Å². The lowest BCUT2D eigenvalue weighted by Gasteiger charge is -2.33. The summed E-state index contributed by atoms with van der Waals surface area (Å²) < 4.78 is 11.1. The van der Waals surface area contributed by atoms with E-state index in [9.17, 15) is 0 Å². The number of halogens is 2. The predicted molar refractivity (Wildman–Crippen MR) is 128 cm³/mol. The monoisotopic (exact) mass is 469 g/mol. The van der Waals surface area contributed by atoms with Crippen LogP contribution in [0.5, 0.6) is 11.5 Å². The third kappa shape index (κ3) is 6.13. The lowest BCUT2D eigenvalue weighted by Crippen LogP contribution is -2.45. The maximum absolute atomic E-state index is 5.62. The van der Waals surface area contributed by atoms with Crippen molar-refractivity contribution in [2.75, 3.05) is 58.4 Å². The molecule has 1 aromatic heterocycles. The van der Waals surface area contributed by atoms with Crippen LogP contribution >= 0.6 is 24.8 Å². The van der Waals surface area contributed by atoms with Crippen LogP contribution in [0.15, 0.2) is 24.4 Å². The van der Waals surface area contributed by atoms with E-state index in [0.29, 0.717) is 6.61 Å². The van der Waals surface area contributed by atoms with E-state index in [2.05, 4.69) is 38.9 Å². The second-order valence-electron chi connectivity index (χ2n) is 7.81. The minimum Gasteiger partial charge on any atom is -0.493 e. The highest BCUT2D eigenvalue weighted by molar-refractivity contribution is 5.85. The van der Waals surface area contributed by atoms with Crippen molar-refractivity contribution in [3.8, 4) is 11.5 Å². The summed E-state index contributed by atoms with van der Waals surface area (Å²) in [6, 6.07) is 6.20. The molecule has 172 valence electrons. The van der Waals surface area contributed by atoms with Gasteiger partial charge in [0.2, 0.25) is 5.95 Å². The number of benzene rings is 1. The van der Waals surface area contributed by atoms with E-state index in [1.807, 2.05) is 19.2 Å². The number of methoxy groups -OCH3 is 1. The lowest BCUT2D eigenvalue weighted by atomic mass is 10.1. The van der Waals surface area contributed by atoms with Crippen LogP contribution in [0, 0.1) is 0 Å². The van der Waals surface area contributed by atoms with Gasteiger partial charge >= 0.3 is 0 Å². The molecular formula is C22H33Cl2N5O2. The number of anilines is 1. The van der Waals surface area contributed by atoms with Gasteiger partial charge in [0.05, 0.1) is 19.4 Å². The molecule has 0 aliphatic carbocycles. The first kappa shape index (κ1) is 25.5. The maximum Gasteiger partial charge on any atom is 0.225 e. The number of likely N-dealkylation sites (N-methyl/N-ethyl adjacent to an activating group) is 1. The molecule has 2 aromatic rings. The standard InChI is InChI=1S/C22H31N5O2.2ClH/c1-4-29-20-6-5-17(13-21(20)28-3)15-26-8-7-19-18(16-26)14-23-22(24-19)27-11-9-25(2)10-12-27;;/h5-6,13-14H,4,7-12,15-16H2,1-3H3;2*1H. The predicted octanol–water partition coefficient (Wildman–Crippen LogP) is 3.04. The Labute approximate surface area is 197 Å². The van der Waals surface area contributed by atoms with Crippen molar-refractivity contribution in [1.29, 1.82) is 0 Å². The van der Waals surface area contributed by atoms with Crippen LogP contribution in [0.4, 0.5) is 5.95 Å². The Bertz CT molecular complexity index is 847. The number of fused-ring (bicyclic) bond motifs is 1. The smallest absolute Gasteiger partial charge is 0.225 e. The van der Waals surface area contributed by atoms with E-state index in [4.69, 9.17) is 14.5 Å². The summed E-state index contributed by atoms with van der Waals surface area (Å²) in [5, 5.41) is 0. The number of ether oxygens (including phenoxy) is 2. The van der Waals surface area contributed by atoms with Gasteiger partial charge < -0.3 is 19.3 Å². The van der Waals surface area contributed by atoms with Crippen LogP contribution in [0.1, 0.15) is 23.7 Å². The quantitative estimate of drug-likeness (QED) is 0.644. The fraction of sp³-hybridized carbons (Fsp3) is 0.545. The van der Waals surface area contributed by atoms with Crippen molar-refractivity contribution >= 4 is 30.8 Å². The molecule has 0 saturated carbocycles. The first-order valence-electron chi connectivity index (χ1n) is 10.5. The number of rotatable bonds is 6. The molecular weight excluding hydrogens is 437 g/mol. The van der Waals surface area contributed by atoms with Crippen LogP contribution in [0.2, 0.25) is 0 Å². The first-order chi connectivity index (χ1) is 14.2. The van der Waals surface area contributed by atoms with Gasteiger partial charge in [-0.25, -0.2) is 9.97 Å². The third-order valence-corrected chi connectivity index (χ3v) is 5.72. The van der Waals surface area contributed by atoms with E-state index >= 15 is 0 Å². The molecule has 0 radical (unpaired) electrons. The summed E-state index contributed by atoms with van der Waals surface area (Å²) in [6.07, 6.45) is 2.99. The Kier molecular flexibility index (Phi) is 9.62. The van der Waals surface area contributed by atoms with E-state index in [1.165, 1.54) is 16.8 Å². The molecule has 31 heavy (non-hydrogen) atoms. The van der Waals surface area contributed by atoms with Crippen molar-refractivity contribution in [2.24, 2.45) is 0 Å². The molecule has 2 aliphatic rings. The van der Waals surface area contributed by atoms with Crippen molar-refractivity contribution in [2.45, 2.75) is 26.4 Å². The zero-order valence-corrected chi connectivity index (χ0v) is 20.2. The van der Waals surface area contributed by atoms with Gasteiger partial charge in [-0.05, 0) is 31.7 Å². The Morgan fingerprint density at radius 2 is 1.81 bits per heavy atom. The van der Waals surface area contributed by atoms with Crippen molar-refractivity contribution in [3.63, 3.8) is 0 Å². The van der Waals surface area contributed by atoms with Crippen molar-refractivity contribution < 1.29 is 9.47 Å². The summed E-state index contributed by atoms with van der Waals surface area (Å²) >= 11 is 0. The molecule has 0 atom stereocenters. The van der Waals surface area contributed by atoms with Crippen molar-refractivity contribution in [3.05, 3.63) is 41.2 Å². The molecule has 0 bridgehead atoms. The summed E-state index contributed by atoms with van der Waals surface area (Å²) in [5.41, 5.74) is 3.67.